The lowest BCUT2D eigenvalue weighted by Gasteiger charge is -2.29. The summed E-state index contributed by atoms with van der Waals surface area (Å²) >= 11 is 1.85. The minimum Gasteiger partial charge on any atom is -0.455 e. The van der Waals surface area contributed by atoms with Gasteiger partial charge < -0.3 is 9.32 Å². The fourth-order valence-corrected chi connectivity index (χ4v) is 9.37. The van der Waals surface area contributed by atoms with Gasteiger partial charge in [0.05, 0.1) is 22.4 Å². The summed E-state index contributed by atoms with van der Waals surface area (Å²) in [6.07, 6.45) is 0. The molecule has 11 rings (SSSR count). The van der Waals surface area contributed by atoms with Crippen molar-refractivity contribution < 1.29 is 4.42 Å². The smallest absolute Gasteiger partial charge is 0.145 e. The number of furan rings is 1. The molecule has 2 aromatic heterocycles. The van der Waals surface area contributed by atoms with Crippen molar-refractivity contribution in [1.29, 1.82) is 0 Å². The molecule has 0 saturated carbocycles. The summed E-state index contributed by atoms with van der Waals surface area (Å²) in [6, 6.07) is 67.9. The van der Waals surface area contributed by atoms with Gasteiger partial charge in [-0.15, -0.1) is 11.3 Å². The van der Waals surface area contributed by atoms with Crippen molar-refractivity contribution in [1.82, 2.24) is 0 Å². The topological polar surface area (TPSA) is 16.4 Å². The summed E-state index contributed by atoms with van der Waals surface area (Å²) in [5, 5.41) is 9.63. The number of rotatable bonds is 5. The highest BCUT2D eigenvalue weighted by atomic mass is 32.1. The van der Waals surface area contributed by atoms with Gasteiger partial charge >= 0.3 is 0 Å². The lowest BCUT2D eigenvalue weighted by molar-refractivity contribution is 0.670. The Morgan fingerprint density at radius 2 is 1.00 bits per heavy atom. The second-order valence-electron chi connectivity index (χ2n) is 13.6. The van der Waals surface area contributed by atoms with E-state index in [1.165, 1.54) is 52.8 Å². The van der Waals surface area contributed by atoms with Crippen LogP contribution in [0.1, 0.15) is 0 Å². The van der Waals surface area contributed by atoms with Crippen molar-refractivity contribution in [2.45, 2.75) is 0 Å². The normalized spacial score (nSPS) is 11.8. The van der Waals surface area contributed by atoms with E-state index in [1.807, 2.05) is 11.3 Å². The van der Waals surface area contributed by atoms with Crippen LogP contribution in [0.2, 0.25) is 0 Å². The highest BCUT2D eigenvalue weighted by molar-refractivity contribution is 7.26. The molecule has 0 spiro atoms. The molecule has 0 fully saturated rings. The first-order valence-corrected chi connectivity index (χ1v) is 18.8. The van der Waals surface area contributed by atoms with Crippen LogP contribution >= 0.6 is 11.3 Å². The molecule has 53 heavy (non-hydrogen) atoms. The van der Waals surface area contributed by atoms with Crippen LogP contribution in [0.25, 0.3) is 85.9 Å². The Balaban J connectivity index is 1.23. The standard InChI is InChI=1S/C50H31NOS/c1-2-12-32(13-3-1)33-24-26-35(27-25-33)37-30-31-44(49-40-16-6-8-21-45(40)52-50(37)49)51(43-20-11-23-47-48(43)41-17-7-9-22-46(41)53-47)42-19-10-18-38-36-15-5-4-14-34(36)28-29-39(38)42/h1-31H. The number of fused-ring (bicyclic) bond motifs is 9. The number of benzene rings is 9. The first-order chi connectivity index (χ1) is 26.3. The third-order valence-electron chi connectivity index (χ3n) is 10.7. The molecule has 0 unspecified atom stereocenters. The molecule has 0 radical (unpaired) electrons. The molecule has 0 aliphatic carbocycles. The summed E-state index contributed by atoms with van der Waals surface area (Å²) in [5.74, 6) is 0. The first kappa shape index (κ1) is 30.0. The Labute approximate surface area is 310 Å². The Bertz CT molecular complexity index is 3170. The van der Waals surface area contributed by atoms with E-state index in [-0.39, 0.29) is 0 Å². The highest BCUT2D eigenvalue weighted by Crippen LogP contribution is 2.51. The Morgan fingerprint density at radius 1 is 0.358 bits per heavy atom. The predicted molar refractivity (Wildman–Crippen MR) is 227 cm³/mol. The molecule has 2 heterocycles. The maximum atomic E-state index is 6.88. The number of hydrogen-bond donors (Lipinski definition) is 0. The zero-order valence-corrected chi connectivity index (χ0v) is 29.5. The maximum absolute atomic E-state index is 6.88. The van der Waals surface area contributed by atoms with Gasteiger partial charge in [0.1, 0.15) is 11.2 Å². The molecule has 3 heteroatoms. The van der Waals surface area contributed by atoms with E-state index >= 15 is 0 Å². The zero-order chi connectivity index (χ0) is 34.9. The van der Waals surface area contributed by atoms with E-state index in [1.54, 1.807) is 0 Å². The Hall–Kier alpha value is -6.68. The molecule has 9 aromatic carbocycles. The van der Waals surface area contributed by atoms with Crippen LogP contribution in [-0.2, 0) is 0 Å². The van der Waals surface area contributed by atoms with Crippen LogP contribution in [0.3, 0.4) is 0 Å². The lowest BCUT2D eigenvalue weighted by atomic mass is 9.96. The van der Waals surface area contributed by atoms with Crippen molar-refractivity contribution in [2.75, 3.05) is 4.90 Å². The number of hydrogen-bond acceptors (Lipinski definition) is 3. The minimum atomic E-state index is 0.875. The van der Waals surface area contributed by atoms with E-state index in [0.29, 0.717) is 0 Å². The summed E-state index contributed by atoms with van der Waals surface area (Å²) in [7, 11) is 0. The van der Waals surface area contributed by atoms with Crippen LogP contribution in [-0.4, -0.2) is 0 Å². The molecule has 0 aliphatic heterocycles. The van der Waals surface area contributed by atoms with Gasteiger partial charge in [-0.2, -0.15) is 0 Å². The molecule has 2 nitrogen and oxygen atoms in total. The number of anilines is 3. The average molecular weight is 694 g/mol. The zero-order valence-electron chi connectivity index (χ0n) is 28.7. The molecule has 0 aliphatic rings. The van der Waals surface area contributed by atoms with Gasteiger partial charge in [0.2, 0.25) is 0 Å². The van der Waals surface area contributed by atoms with Crippen LogP contribution < -0.4 is 4.90 Å². The number of para-hydroxylation sites is 1. The van der Waals surface area contributed by atoms with Crippen molar-refractivity contribution in [3.8, 4) is 22.3 Å². The monoisotopic (exact) mass is 693 g/mol. The third-order valence-corrected chi connectivity index (χ3v) is 11.8. The summed E-state index contributed by atoms with van der Waals surface area (Å²) in [6.45, 7) is 0. The maximum Gasteiger partial charge on any atom is 0.145 e. The summed E-state index contributed by atoms with van der Waals surface area (Å²) in [5.41, 5.74) is 9.70. The van der Waals surface area contributed by atoms with Gasteiger partial charge in [0, 0.05) is 36.5 Å². The molecule has 0 saturated heterocycles. The molecule has 11 aromatic rings. The SMILES string of the molecule is c1ccc(-c2ccc(-c3ccc(N(c4cccc5c4ccc4ccccc45)c4cccc5sc6ccccc6c45)c4c3oc3ccccc34)cc2)cc1. The fourth-order valence-electron chi connectivity index (χ4n) is 8.25. The van der Waals surface area contributed by atoms with Gasteiger partial charge in [0.15, 0.2) is 0 Å². The molecule has 0 N–H and O–H groups in total. The third kappa shape index (κ3) is 4.71. The van der Waals surface area contributed by atoms with Gasteiger partial charge in [-0.25, -0.2) is 0 Å². The van der Waals surface area contributed by atoms with E-state index in [4.69, 9.17) is 4.42 Å². The molecular formula is C50H31NOS. The lowest BCUT2D eigenvalue weighted by Crippen LogP contribution is -2.11. The summed E-state index contributed by atoms with van der Waals surface area (Å²) < 4.78 is 9.43. The highest BCUT2D eigenvalue weighted by Gasteiger charge is 2.25. The van der Waals surface area contributed by atoms with Gasteiger partial charge in [-0.05, 0) is 75.3 Å². The molecule has 0 atom stereocenters. The van der Waals surface area contributed by atoms with Gasteiger partial charge in [-0.1, -0.05) is 146 Å². The van der Waals surface area contributed by atoms with Gasteiger partial charge in [0.25, 0.3) is 0 Å². The minimum absolute atomic E-state index is 0.875. The first-order valence-electron chi connectivity index (χ1n) is 18.0. The molecular weight excluding hydrogens is 663 g/mol. The van der Waals surface area contributed by atoms with Crippen molar-refractivity contribution in [3.05, 3.63) is 188 Å². The molecule has 0 amide bonds. The van der Waals surface area contributed by atoms with Crippen molar-refractivity contribution in [3.63, 3.8) is 0 Å². The number of thiophene rings is 1. The van der Waals surface area contributed by atoms with Gasteiger partial charge in [-0.3, -0.25) is 0 Å². The number of nitrogens with zero attached hydrogens (tertiary/aromatic N) is 1. The fraction of sp³-hybridized carbons (Fsp3) is 0. The van der Waals surface area contributed by atoms with Crippen molar-refractivity contribution >= 4 is 92.1 Å². The van der Waals surface area contributed by atoms with Crippen molar-refractivity contribution in [2.24, 2.45) is 0 Å². The second kappa shape index (κ2) is 11.9. The van der Waals surface area contributed by atoms with Crippen LogP contribution in [0.4, 0.5) is 17.1 Å². The average Bonchev–Trinajstić information content (AvgIpc) is 3.81. The largest absolute Gasteiger partial charge is 0.455 e. The van der Waals surface area contributed by atoms with E-state index in [2.05, 4.69) is 193 Å². The van der Waals surface area contributed by atoms with E-state index in [9.17, 15) is 0 Å². The quantitative estimate of drug-likeness (QED) is 0.167. The van der Waals surface area contributed by atoms with Crippen LogP contribution in [0.15, 0.2) is 192 Å². The second-order valence-corrected chi connectivity index (χ2v) is 14.7. The molecule has 0 bridgehead atoms. The molecule has 248 valence electrons. The van der Waals surface area contributed by atoms with E-state index < -0.39 is 0 Å². The van der Waals surface area contributed by atoms with Crippen LogP contribution in [0.5, 0.6) is 0 Å². The Kier molecular flexibility index (Phi) is 6.76. The predicted octanol–water partition coefficient (Wildman–Crippen LogP) is 15.1. The van der Waals surface area contributed by atoms with Crippen LogP contribution in [0, 0.1) is 0 Å². The summed E-state index contributed by atoms with van der Waals surface area (Å²) in [4.78, 5) is 2.49. The van der Waals surface area contributed by atoms with E-state index in [0.717, 1.165) is 50.1 Å². The Morgan fingerprint density at radius 3 is 1.89 bits per heavy atom.